The monoisotopic (exact) mass is 381 g/mol. The molecule has 1 amide bonds. The SMILES string of the molecule is CCCCN(C(=O)c1ccc(OCCC(C)C)cc1)C1CCS(=O)(=O)C1. The van der Waals surface area contributed by atoms with Gasteiger partial charge in [-0.3, -0.25) is 4.79 Å². The van der Waals surface area contributed by atoms with E-state index in [-0.39, 0.29) is 23.5 Å². The maximum Gasteiger partial charge on any atom is 0.254 e. The maximum absolute atomic E-state index is 13.0. The van der Waals surface area contributed by atoms with Gasteiger partial charge in [-0.1, -0.05) is 27.2 Å². The largest absolute Gasteiger partial charge is 0.494 e. The van der Waals surface area contributed by atoms with Crippen molar-refractivity contribution < 1.29 is 17.9 Å². The molecule has 1 aromatic carbocycles. The van der Waals surface area contributed by atoms with Crippen LogP contribution >= 0.6 is 0 Å². The van der Waals surface area contributed by atoms with E-state index >= 15 is 0 Å². The summed E-state index contributed by atoms with van der Waals surface area (Å²) < 4.78 is 29.3. The van der Waals surface area contributed by atoms with Crippen LogP contribution in [0.5, 0.6) is 5.75 Å². The minimum atomic E-state index is -3.02. The number of carbonyl (C=O) groups is 1. The van der Waals surface area contributed by atoms with Crippen molar-refractivity contribution in [3.05, 3.63) is 29.8 Å². The standard InChI is InChI=1S/C20H31NO4S/c1-4-5-12-21(18-11-14-26(23,24)15-18)20(22)17-6-8-19(9-7-17)25-13-10-16(2)3/h6-9,16,18H,4-5,10-15H2,1-3H3. The third kappa shape index (κ3) is 6.01. The predicted octanol–water partition coefficient (Wildman–Crippen LogP) is 3.54. The first-order chi connectivity index (χ1) is 12.3. The van der Waals surface area contributed by atoms with Crippen molar-refractivity contribution in [2.45, 2.75) is 52.5 Å². The van der Waals surface area contributed by atoms with Crippen LogP contribution in [0.3, 0.4) is 0 Å². The highest BCUT2D eigenvalue weighted by Crippen LogP contribution is 2.22. The second kappa shape index (κ2) is 9.40. The average molecular weight is 382 g/mol. The molecule has 5 nitrogen and oxygen atoms in total. The summed E-state index contributed by atoms with van der Waals surface area (Å²) in [6, 6.07) is 6.97. The molecule has 1 fully saturated rings. The van der Waals surface area contributed by atoms with Crippen LogP contribution in [-0.4, -0.2) is 49.9 Å². The third-order valence-corrected chi connectivity index (χ3v) is 6.48. The Balaban J connectivity index is 2.05. The van der Waals surface area contributed by atoms with Gasteiger partial charge >= 0.3 is 0 Å². The molecule has 146 valence electrons. The number of nitrogens with zero attached hydrogens (tertiary/aromatic N) is 1. The average Bonchev–Trinajstić information content (AvgIpc) is 2.95. The highest BCUT2D eigenvalue weighted by Gasteiger charge is 2.34. The number of unbranched alkanes of at least 4 members (excludes halogenated alkanes) is 1. The lowest BCUT2D eigenvalue weighted by molar-refractivity contribution is 0.0694. The number of rotatable bonds is 9. The lowest BCUT2D eigenvalue weighted by Gasteiger charge is -2.28. The van der Waals surface area contributed by atoms with Crippen LogP contribution in [0.4, 0.5) is 0 Å². The molecule has 2 rings (SSSR count). The van der Waals surface area contributed by atoms with Gasteiger partial charge in [0.05, 0.1) is 18.1 Å². The van der Waals surface area contributed by atoms with Crippen LogP contribution in [0.2, 0.25) is 0 Å². The Bertz CT molecular complexity index is 682. The highest BCUT2D eigenvalue weighted by molar-refractivity contribution is 7.91. The molecule has 0 aliphatic carbocycles. The Morgan fingerprint density at radius 3 is 2.50 bits per heavy atom. The van der Waals surface area contributed by atoms with Crippen LogP contribution in [0.15, 0.2) is 24.3 Å². The first kappa shape index (κ1) is 20.7. The van der Waals surface area contributed by atoms with Gasteiger partial charge in [0.1, 0.15) is 5.75 Å². The smallest absolute Gasteiger partial charge is 0.254 e. The molecule has 1 aliphatic rings. The van der Waals surface area contributed by atoms with Gasteiger partial charge in [0.25, 0.3) is 5.91 Å². The summed E-state index contributed by atoms with van der Waals surface area (Å²) >= 11 is 0. The minimum absolute atomic E-state index is 0.0822. The summed E-state index contributed by atoms with van der Waals surface area (Å²) in [6.45, 7) is 7.63. The van der Waals surface area contributed by atoms with Gasteiger partial charge in [-0.15, -0.1) is 0 Å². The van der Waals surface area contributed by atoms with Crippen molar-refractivity contribution in [3.63, 3.8) is 0 Å². The van der Waals surface area contributed by atoms with E-state index in [1.165, 1.54) is 0 Å². The van der Waals surface area contributed by atoms with Crippen molar-refractivity contribution in [2.24, 2.45) is 5.92 Å². The van der Waals surface area contributed by atoms with Gasteiger partial charge in [-0.25, -0.2) is 8.42 Å². The number of carbonyl (C=O) groups excluding carboxylic acids is 1. The van der Waals surface area contributed by atoms with E-state index in [1.807, 2.05) is 12.1 Å². The summed E-state index contributed by atoms with van der Waals surface area (Å²) in [5.74, 6) is 1.51. The Morgan fingerprint density at radius 2 is 1.96 bits per heavy atom. The molecule has 0 saturated carbocycles. The third-order valence-electron chi connectivity index (χ3n) is 4.73. The topological polar surface area (TPSA) is 63.7 Å². The summed E-state index contributed by atoms with van der Waals surface area (Å²) in [5, 5.41) is 0. The number of hydrogen-bond donors (Lipinski definition) is 0. The van der Waals surface area contributed by atoms with Gasteiger partial charge in [-0.05, 0) is 49.4 Å². The zero-order chi connectivity index (χ0) is 19.2. The molecule has 1 aliphatic heterocycles. The summed E-state index contributed by atoms with van der Waals surface area (Å²) in [5.41, 5.74) is 0.585. The molecule has 0 bridgehead atoms. The van der Waals surface area contributed by atoms with Gasteiger partial charge < -0.3 is 9.64 Å². The van der Waals surface area contributed by atoms with E-state index < -0.39 is 9.84 Å². The molecule has 1 atom stereocenters. The van der Waals surface area contributed by atoms with Crippen molar-refractivity contribution in [3.8, 4) is 5.75 Å². The molecule has 0 spiro atoms. The Morgan fingerprint density at radius 1 is 1.27 bits per heavy atom. The van der Waals surface area contributed by atoms with E-state index in [1.54, 1.807) is 17.0 Å². The molecular weight excluding hydrogens is 350 g/mol. The molecule has 6 heteroatoms. The first-order valence-electron chi connectivity index (χ1n) is 9.56. The molecule has 1 heterocycles. The predicted molar refractivity (Wildman–Crippen MR) is 104 cm³/mol. The Labute approximate surface area is 157 Å². The van der Waals surface area contributed by atoms with E-state index in [0.29, 0.717) is 31.1 Å². The van der Waals surface area contributed by atoms with E-state index in [2.05, 4.69) is 20.8 Å². The van der Waals surface area contributed by atoms with Gasteiger partial charge in [0, 0.05) is 18.2 Å². The van der Waals surface area contributed by atoms with Crippen molar-refractivity contribution in [1.82, 2.24) is 4.90 Å². The van der Waals surface area contributed by atoms with Crippen LogP contribution in [0.25, 0.3) is 0 Å². The van der Waals surface area contributed by atoms with E-state index in [0.717, 1.165) is 25.0 Å². The molecular formula is C20H31NO4S. The summed E-state index contributed by atoms with van der Waals surface area (Å²) in [6.07, 6.45) is 3.36. The Kier molecular flexibility index (Phi) is 7.50. The van der Waals surface area contributed by atoms with Crippen LogP contribution in [0.1, 0.15) is 56.8 Å². The van der Waals surface area contributed by atoms with Crippen molar-refractivity contribution in [2.75, 3.05) is 24.7 Å². The van der Waals surface area contributed by atoms with Gasteiger partial charge in [0.2, 0.25) is 0 Å². The van der Waals surface area contributed by atoms with Crippen LogP contribution in [0, 0.1) is 5.92 Å². The summed E-state index contributed by atoms with van der Waals surface area (Å²) in [4.78, 5) is 14.7. The number of benzene rings is 1. The number of ether oxygens (including phenoxy) is 1. The zero-order valence-corrected chi connectivity index (χ0v) is 16.9. The zero-order valence-electron chi connectivity index (χ0n) is 16.1. The fourth-order valence-electron chi connectivity index (χ4n) is 3.07. The van der Waals surface area contributed by atoms with Gasteiger partial charge in [-0.2, -0.15) is 0 Å². The molecule has 26 heavy (non-hydrogen) atoms. The molecule has 1 saturated heterocycles. The number of sulfone groups is 1. The molecule has 0 aromatic heterocycles. The molecule has 1 aromatic rings. The lowest BCUT2D eigenvalue weighted by atomic mass is 10.1. The summed E-state index contributed by atoms with van der Waals surface area (Å²) in [7, 11) is -3.02. The molecule has 1 unspecified atom stereocenters. The highest BCUT2D eigenvalue weighted by atomic mass is 32.2. The van der Waals surface area contributed by atoms with E-state index in [4.69, 9.17) is 4.74 Å². The molecule has 0 radical (unpaired) electrons. The fourth-order valence-corrected chi connectivity index (χ4v) is 4.80. The number of amides is 1. The first-order valence-corrected chi connectivity index (χ1v) is 11.4. The number of hydrogen-bond acceptors (Lipinski definition) is 4. The second-order valence-electron chi connectivity index (χ2n) is 7.46. The van der Waals surface area contributed by atoms with Crippen LogP contribution < -0.4 is 4.74 Å². The maximum atomic E-state index is 13.0. The van der Waals surface area contributed by atoms with Crippen molar-refractivity contribution >= 4 is 15.7 Å². The molecule has 0 N–H and O–H groups in total. The Hall–Kier alpha value is -1.56. The second-order valence-corrected chi connectivity index (χ2v) is 9.69. The quantitative estimate of drug-likeness (QED) is 0.656. The lowest BCUT2D eigenvalue weighted by Crippen LogP contribution is -2.41. The van der Waals surface area contributed by atoms with Crippen LogP contribution in [-0.2, 0) is 9.84 Å². The fraction of sp³-hybridized carbons (Fsp3) is 0.650. The minimum Gasteiger partial charge on any atom is -0.494 e. The van der Waals surface area contributed by atoms with E-state index in [9.17, 15) is 13.2 Å². The van der Waals surface area contributed by atoms with Crippen molar-refractivity contribution in [1.29, 1.82) is 0 Å². The van der Waals surface area contributed by atoms with Gasteiger partial charge in [0.15, 0.2) is 9.84 Å². The normalized spacial score (nSPS) is 18.8.